The summed E-state index contributed by atoms with van der Waals surface area (Å²) in [6.07, 6.45) is -0.0695. The summed E-state index contributed by atoms with van der Waals surface area (Å²) in [5.41, 5.74) is 0. The number of esters is 1. The highest BCUT2D eigenvalue weighted by Gasteiger charge is 2.04. The Hall–Kier alpha value is -0.610. The third kappa shape index (κ3) is 9.48. The largest absolute Gasteiger partial charge is 0.461 e. The molecule has 4 heteroatoms. The van der Waals surface area contributed by atoms with Crippen LogP contribution in [0.15, 0.2) is 0 Å². The minimum atomic E-state index is -0.301. The Morgan fingerprint density at radius 2 is 1.93 bits per heavy atom. The lowest BCUT2D eigenvalue weighted by atomic mass is 10.4. The summed E-state index contributed by atoms with van der Waals surface area (Å²) in [7, 11) is 0. The molecule has 0 bridgehead atoms. The number of carbonyl (C=O) groups excluding carboxylic acids is 1. The van der Waals surface area contributed by atoms with E-state index in [9.17, 15) is 4.79 Å². The van der Waals surface area contributed by atoms with Gasteiger partial charge in [0.05, 0.1) is 12.7 Å². The second-order valence-electron chi connectivity index (χ2n) is 3.70. The van der Waals surface area contributed by atoms with Gasteiger partial charge in [0, 0.05) is 12.6 Å². The van der Waals surface area contributed by atoms with Crippen molar-refractivity contribution >= 4 is 5.97 Å². The summed E-state index contributed by atoms with van der Waals surface area (Å²) in [6, 6.07) is 0.446. The second kappa shape index (κ2) is 7.76. The molecule has 14 heavy (non-hydrogen) atoms. The maximum Gasteiger partial charge on any atom is 0.332 e. The molecular formula is C10H21NO3. The number of hydrogen-bond acceptors (Lipinski definition) is 4. The zero-order chi connectivity index (χ0) is 11.0. The van der Waals surface area contributed by atoms with Crippen molar-refractivity contribution in [3.05, 3.63) is 0 Å². The molecule has 0 amide bonds. The van der Waals surface area contributed by atoms with Gasteiger partial charge in [0.1, 0.15) is 6.61 Å². The molecule has 0 saturated heterocycles. The lowest BCUT2D eigenvalue weighted by Gasteiger charge is -2.09. The summed E-state index contributed by atoms with van der Waals surface area (Å²) in [5, 5.41) is 3.18. The molecule has 0 aliphatic heterocycles. The van der Waals surface area contributed by atoms with Crippen LogP contribution >= 0.6 is 0 Å². The number of ether oxygens (including phenoxy) is 2. The predicted molar refractivity (Wildman–Crippen MR) is 55.2 cm³/mol. The Balaban J connectivity index is 3.23. The first-order chi connectivity index (χ1) is 6.52. The highest BCUT2D eigenvalue weighted by molar-refractivity contribution is 5.70. The quantitative estimate of drug-likeness (QED) is 0.494. The molecule has 0 aliphatic rings. The van der Waals surface area contributed by atoms with Crippen LogP contribution in [0.1, 0.15) is 27.7 Å². The molecule has 1 N–H and O–H groups in total. The Labute approximate surface area is 86.0 Å². The molecule has 0 aromatic carbocycles. The van der Waals surface area contributed by atoms with Crippen LogP contribution in [0.2, 0.25) is 0 Å². The van der Waals surface area contributed by atoms with Gasteiger partial charge in [-0.2, -0.15) is 0 Å². The minimum Gasteiger partial charge on any atom is -0.461 e. The van der Waals surface area contributed by atoms with Gasteiger partial charge in [-0.05, 0) is 13.8 Å². The van der Waals surface area contributed by atoms with Crippen molar-refractivity contribution in [3.63, 3.8) is 0 Å². The monoisotopic (exact) mass is 203 g/mol. The highest BCUT2D eigenvalue weighted by atomic mass is 16.6. The molecule has 4 nitrogen and oxygen atoms in total. The molecule has 0 radical (unpaired) electrons. The van der Waals surface area contributed by atoms with Gasteiger partial charge in [0.2, 0.25) is 0 Å². The van der Waals surface area contributed by atoms with E-state index >= 15 is 0 Å². The summed E-state index contributed by atoms with van der Waals surface area (Å²) >= 11 is 0. The van der Waals surface area contributed by atoms with E-state index in [4.69, 9.17) is 9.47 Å². The molecule has 0 heterocycles. The third-order valence-corrected chi connectivity index (χ3v) is 1.39. The van der Waals surface area contributed by atoms with Crippen molar-refractivity contribution in [3.8, 4) is 0 Å². The van der Waals surface area contributed by atoms with E-state index in [0.29, 0.717) is 12.6 Å². The van der Waals surface area contributed by atoms with Gasteiger partial charge < -0.3 is 14.8 Å². The van der Waals surface area contributed by atoms with Gasteiger partial charge in [-0.25, -0.2) is 4.79 Å². The normalized spacial score (nSPS) is 11.0. The lowest BCUT2D eigenvalue weighted by Crippen LogP contribution is -2.28. The van der Waals surface area contributed by atoms with Crippen LogP contribution < -0.4 is 5.32 Å². The Morgan fingerprint density at radius 3 is 2.43 bits per heavy atom. The van der Waals surface area contributed by atoms with Gasteiger partial charge >= 0.3 is 5.97 Å². The van der Waals surface area contributed by atoms with Gasteiger partial charge in [-0.1, -0.05) is 13.8 Å². The van der Waals surface area contributed by atoms with Crippen LogP contribution in [0.5, 0.6) is 0 Å². The summed E-state index contributed by atoms with van der Waals surface area (Å²) in [5.74, 6) is -0.301. The SMILES string of the molecule is CC(C)NCCOCC(=O)OC(C)C. The maximum absolute atomic E-state index is 11.0. The smallest absolute Gasteiger partial charge is 0.332 e. The van der Waals surface area contributed by atoms with Crippen molar-refractivity contribution in [2.45, 2.75) is 39.8 Å². The molecular weight excluding hydrogens is 182 g/mol. The van der Waals surface area contributed by atoms with Crippen molar-refractivity contribution in [1.29, 1.82) is 0 Å². The molecule has 0 aromatic rings. The first-order valence-electron chi connectivity index (χ1n) is 5.03. The average Bonchev–Trinajstić information content (AvgIpc) is 2.01. The van der Waals surface area contributed by atoms with Crippen LogP contribution in [-0.2, 0) is 14.3 Å². The van der Waals surface area contributed by atoms with E-state index in [1.54, 1.807) is 0 Å². The molecule has 0 aliphatic carbocycles. The maximum atomic E-state index is 11.0. The zero-order valence-corrected chi connectivity index (χ0v) is 9.50. The van der Waals surface area contributed by atoms with E-state index in [1.807, 2.05) is 13.8 Å². The van der Waals surface area contributed by atoms with E-state index < -0.39 is 0 Å². The Bertz CT molecular complexity index is 157. The number of carbonyl (C=O) groups is 1. The van der Waals surface area contributed by atoms with Crippen LogP contribution in [0.4, 0.5) is 0 Å². The van der Waals surface area contributed by atoms with Crippen molar-refractivity contribution in [2.75, 3.05) is 19.8 Å². The Morgan fingerprint density at radius 1 is 1.29 bits per heavy atom. The van der Waals surface area contributed by atoms with Gasteiger partial charge in [0.15, 0.2) is 0 Å². The van der Waals surface area contributed by atoms with Gasteiger partial charge in [-0.3, -0.25) is 0 Å². The molecule has 0 atom stereocenters. The number of hydrogen-bond donors (Lipinski definition) is 1. The second-order valence-corrected chi connectivity index (χ2v) is 3.70. The van der Waals surface area contributed by atoms with Crippen molar-refractivity contribution in [1.82, 2.24) is 5.32 Å². The molecule has 84 valence electrons. The number of nitrogens with one attached hydrogen (secondary N) is 1. The topological polar surface area (TPSA) is 47.6 Å². The lowest BCUT2D eigenvalue weighted by molar-refractivity contribution is -0.152. The van der Waals surface area contributed by atoms with E-state index in [0.717, 1.165) is 6.54 Å². The fourth-order valence-electron chi connectivity index (χ4n) is 0.872. The molecule has 0 saturated carbocycles. The van der Waals surface area contributed by atoms with E-state index in [2.05, 4.69) is 19.2 Å². The predicted octanol–water partition coefficient (Wildman–Crippen LogP) is 0.953. The molecule has 0 fully saturated rings. The Kier molecular flexibility index (Phi) is 7.42. The van der Waals surface area contributed by atoms with Crippen molar-refractivity contribution < 1.29 is 14.3 Å². The first-order valence-corrected chi connectivity index (χ1v) is 5.03. The molecule has 0 rings (SSSR count). The highest BCUT2D eigenvalue weighted by Crippen LogP contribution is 1.89. The standard InChI is InChI=1S/C10H21NO3/c1-8(2)11-5-6-13-7-10(12)14-9(3)4/h8-9,11H,5-7H2,1-4H3. The van der Waals surface area contributed by atoms with Crippen LogP contribution in [0.3, 0.4) is 0 Å². The fraction of sp³-hybridized carbons (Fsp3) is 0.900. The average molecular weight is 203 g/mol. The van der Waals surface area contributed by atoms with E-state index in [-0.39, 0.29) is 18.7 Å². The van der Waals surface area contributed by atoms with Crippen LogP contribution in [0.25, 0.3) is 0 Å². The van der Waals surface area contributed by atoms with Crippen LogP contribution in [0, 0.1) is 0 Å². The molecule has 0 unspecified atom stereocenters. The third-order valence-electron chi connectivity index (χ3n) is 1.39. The molecule has 0 spiro atoms. The fourth-order valence-corrected chi connectivity index (χ4v) is 0.872. The zero-order valence-electron chi connectivity index (χ0n) is 9.50. The van der Waals surface area contributed by atoms with Gasteiger partial charge in [-0.15, -0.1) is 0 Å². The summed E-state index contributed by atoms with van der Waals surface area (Å²) < 4.78 is 10.0. The minimum absolute atomic E-state index is 0.0396. The summed E-state index contributed by atoms with van der Waals surface area (Å²) in [6.45, 7) is 9.09. The van der Waals surface area contributed by atoms with Gasteiger partial charge in [0.25, 0.3) is 0 Å². The van der Waals surface area contributed by atoms with E-state index in [1.165, 1.54) is 0 Å². The van der Waals surface area contributed by atoms with Crippen molar-refractivity contribution in [2.24, 2.45) is 0 Å². The molecule has 0 aromatic heterocycles. The first kappa shape index (κ1) is 13.4. The number of rotatable bonds is 7. The summed E-state index contributed by atoms with van der Waals surface area (Å²) in [4.78, 5) is 11.0. The van der Waals surface area contributed by atoms with Crippen LogP contribution in [-0.4, -0.2) is 37.9 Å².